The molecule has 2 amide bonds. The van der Waals surface area contributed by atoms with E-state index in [2.05, 4.69) is 10.3 Å². The Balaban J connectivity index is 1.93. The number of anilines is 1. The molecular weight excluding hydrogens is 397 g/mol. The van der Waals surface area contributed by atoms with Gasteiger partial charge >= 0.3 is 6.03 Å². The summed E-state index contributed by atoms with van der Waals surface area (Å²) in [7, 11) is 0. The standard InChI is InChI=1S/C21H21ClFN3O3/c1-13(17-12-24-20(28)16-6-3-2-5-15(16)17)26(9-4-10-27)21(29)25-14-7-8-19(23)18(22)11-14/h2-3,5-8,11-13,27H,4,9-10H2,1H3,(H,24,28)(H,25,29). The van der Waals surface area contributed by atoms with Gasteiger partial charge in [-0.1, -0.05) is 29.8 Å². The summed E-state index contributed by atoms with van der Waals surface area (Å²) in [5.74, 6) is -0.574. The van der Waals surface area contributed by atoms with E-state index in [1.807, 2.05) is 19.1 Å². The maximum absolute atomic E-state index is 13.4. The second-order valence-corrected chi connectivity index (χ2v) is 7.03. The lowest BCUT2D eigenvalue weighted by molar-refractivity contribution is 0.182. The van der Waals surface area contributed by atoms with Gasteiger partial charge in [0.25, 0.3) is 5.56 Å². The number of rotatable bonds is 6. The molecule has 29 heavy (non-hydrogen) atoms. The number of carbonyl (C=O) groups excluding carboxylic acids is 1. The zero-order chi connectivity index (χ0) is 21.0. The Morgan fingerprint density at radius 3 is 2.69 bits per heavy atom. The number of aromatic nitrogens is 1. The van der Waals surface area contributed by atoms with E-state index in [0.717, 1.165) is 10.9 Å². The van der Waals surface area contributed by atoms with E-state index in [1.54, 1.807) is 23.2 Å². The molecule has 0 aliphatic carbocycles. The SMILES string of the molecule is CC(c1c[nH]c(=O)c2ccccc12)N(CCCO)C(=O)Nc1ccc(F)c(Cl)c1. The van der Waals surface area contributed by atoms with Crippen molar-refractivity contribution in [2.45, 2.75) is 19.4 Å². The van der Waals surface area contributed by atoms with Gasteiger partial charge in [-0.15, -0.1) is 0 Å². The van der Waals surface area contributed by atoms with Crippen LogP contribution in [0.2, 0.25) is 5.02 Å². The topological polar surface area (TPSA) is 85.4 Å². The Labute approximate surface area is 171 Å². The van der Waals surface area contributed by atoms with Gasteiger partial charge in [0.05, 0.1) is 11.1 Å². The van der Waals surface area contributed by atoms with Gasteiger partial charge in [0, 0.05) is 30.4 Å². The van der Waals surface area contributed by atoms with Gasteiger partial charge < -0.3 is 20.3 Å². The molecule has 1 aromatic heterocycles. The van der Waals surface area contributed by atoms with Crippen LogP contribution in [0.15, 0.2) is 53.5 Å². The van der Waals surface area contributed by atoms with Gasteiger partial charge in [0.1, 0.15) is 5.82 Å². The molecular formula is C21H21ClFN3O3. The fraction of sp³-hybridized carbons (Fsp3) is 0.238. The molecule has 6 nitrogen and oxygen atoms in total. The molecule has 0 aliphatic heterocycles. The van der Waals surface area contributed by atoms with Crippen molar-refractivity contribution in [1.29, 1.82) is 0 Å². The smallest absolute Gasteiger partial charge is 0.322 e. The number of H-pyrrole nitrogens is 1. The molecule has 0 bridgehead atoms. The first-order valence-corrected chi connectivity index (χ1v) is 9.54. The number of nitrogens with one attached hydrogen (secondary N) is 2. The molecule has 1 heterocycles. The molecule has 0 saturated carbocycles. The van der Waals surface area contributed by atoms with Crippen LogP contribution in [0, 0.1) is 5.82 Å². The summed E-state index contributed by atoms with van der Waals surface area (Å²) in [6.07, 6.45) is 1.98. The third-order valence-corrected chi connectivity index (χ3v) is 5.04. The van der Waals surface area contributed by atoms with Crippen molar-refractivity contribution in [3.8, 4) is 0 Å². The molecule has 8 heteroatoms. The molecule has 3 aromatic rings. The number of halogens is 2. The first-order chi connectivity index (χ1) is 13.9. The third kappa shape index (κ3) is 4.58. The van der Waals surface area contributed by atoms with Crippen LogP contribution in [0.5, 0.6) is 0 Å². The van der Waals surface area contributed by atoms with Crippen molar-refractivity contribution in [1.82, 2.24) is 9.88 Å². The van der Waals surface area contributed by atoms with Gasteiger partial charge in [0.15, 0.2) is 0 Å². The maximum atomic E-state index is 13.4. The number of fused-ring (bicyclic) bond motifs is 1. The van der Waals surface area contributed by atoms with Crippen LogP contribution in [0.3, 0.4) is 0 Å². The van der Waals surface area contributed by atoms with Crippen molar-refractivity contribution in [2.75, 3.05) is 18.5 Å². The molecule has 0 radical (unpaired) electrons. The molecule has 0 fully saturated rings. The fourth-order valence-electron chi connectivity index (χ4n) is 3.23. The summed E-state index contributed by atoms with van der Waals surface area (Å²) < 4.78 is 13.4. The van der Waals surface area contributed by atoms with Crippen molar-refractivity contribution in [3.05, 3.63) is 75.4 Å². The van der Waals surface area contributed by atoms with Gasteiger partial charge in [-0.05, 0) is 48.6 Å². The molecule has 0 spiro atoms. The molecule has 0 saturated heterocycles. The van der Waals surface area contributed by atoms with Crippen LogP contribution in [0.1, 0.15) is 24.9 Å². The van der Waals surface area contributed by atoms with E-state index in [9.17, 15) is 19.1 Å². The second kappa shape index (κ2) is 9.07. The largest absolute Gasteiger partial charge is 0.396 e. The van der Waals surface area contributed by atoms with Gasteiger partial charge in [-0.25, -0.2) is 9.18 Å². The number of aliphatic hydroxyl groups excluding tert-OH is 1. The lowest BCUT2D eigenvalue weighted by Gasteiger charge is -2.30. The molecule has 0 aliphatic rings. The van der Waals surface area contributed by atoms with Crippen LogP contribution < -0.4 is 10.9 Å². The zero-order valence-corrected chi connectivity index (χ0v) is 16.5. The predicted octanol–water partition coefficient (Wildman–Crippen LogP) is 4.30. The van der Waals surface area contributed by atoms with Crippen molar-refractivity contribution < 1.29 is 14.3 Å². The summed E-state index contributed by atoms with van der Waals surface area (Å²) >= 11 is 5.79. The first kappa shape index (κ1) is 20.8. The monoisotopic (exact) mass is 417 g/mol. The van der Waals surface area contributed by atoms with E-state index in [4.69, 9.17) is 11.6 Å². The highest BCUT2D eigenvalue weighted by atomic mass is 35.5. The highest BCUT2D eigenvalue weighted by Gasteiger charge is 2.23. The highest BCUT2D eigenvalue weighted by molar-refractivity contribution is 6.31. The maximum Gasteiger partial charge on any atom is 0.322 e. The Kier molecular flexibility index (Phi) is 6.51. The number of carbonyl (C=O) groups is 1. The number of urea groups is 1. The summed E-state index contributed by atoms with van der Waals surface area (Å²) in [6, 6.07) is 10.3. The Morgan fingerprint density at radius 2 is 2.00 bits per heavy atom. The van der Waals surface area contributed by atoms with Gasteiger partial charge in [0.2, 0.25) is 0 Å². The van der Waals surface area contributed by atoms with Crippen LogP contribution in [0.4, 0.5) is 14.9 Å². The lowest BCUT2D eigenvalue weighted by atomic mass is 10.0. The van der Waals surface area contributed by atoms with E-state index in [1.165, 1.54) is 18.2 Å². The number of hydrogen-bond donors (Lipinski definition) is 3. The average molecular weight is 418 g/mol. The number of hydrogen-bond acceptors (Lipinski definition) is 3. The minimum absolute atomic E-state index is 0.0781. The third-order valence-electron chi connectivity index (χ3n) is 4.75. The quantitative estimate of drug-likeness (QED) is 0.559. The van der Waals surface area contributed by atoms with E-state index >= 15 is 0 Å². The zero-order valence-electron chi connectivity index (χ0n) is 15.8. The molecule has 1 unspecified atom stereocenters. The van der Waals surface area contributed by atoms with Crippen LogP contribution >= 0.6 is 11.6 Å². The highest BCUT2D eigenvalue weighted by Crippen LogP contribution is 2.27. The van der Waals surface area contributed by atoms with Crippen molar-refractivity contribution >= 4 is 34.1 Å². The van der Waals surface area contributed by atoms with Crippen LogP contribution in [-0.4, -0.2) is 34.2 Å². The Bertz CT molecular complexity index is 1090. The molecule has 1 atom stereocenters. The minimum Gasteiger partial charge on any atom is -0.396 e. The summed E-state index contributed by atoms with van der Waals surface area (Å²) in [5.41, 5.74) is 0.920. The van der Waals surface area contributed by atoms with E-state index in [0.29, 0.717) is 17.5 Å². The molecule has 2 aromatic carbocycles. The lowest BCUT2D eigenvalue weighted by Crippen LogP contribution is -2.38. The number of aliphatic hydroxyl groups is 1. The van der Waals surface area contributed by atoms with E-state index < -0.39 is 17.9 Å². The number of benzene rings is 2. The minimum atomic E-state index is -0.574. The number of nitrogens with zero attached hydrogens (tertiary/aromatic N) is 1. The second-order valence-electron chi connectivity index (χ2n) is 6.62. The molecule has 3 rings (SSSR count). The summed E-state index contributed by atoms with van der Waals surface area (Å²) in [5, 5.41) is 13.1. The van der Waals surface area contributed by atoms with Gasteiger partial charge in [-0.2, -0.15) is 0 Å². The number of aromatic amines is 1. The van der Waals surface area contributed by atoms with Gasteiger partial charge in [-0.3, -0.25) is 4.79 Å². The number of pyridine rings is 1. The Hall–Kier alpha value is -2.90. The molecule has 3 N–H and O–H groups in total. The first-order valence-electron chi connectivity index (χ1n) is 9.16. The summed E-state index contributed by atoms with van der Waals surface area (Å²) in [4.78, 5) is 29.3. The van der Waals surface area contributed by atoms with Crippen molar-refractivity contribution in [3.63, 3.8) is 0 Å². The van der Waals surface area contributed by atoms with Crippen LogP contribution in [-0.2, 0) is 0 Å². The Morgan fingerprint density at radius 1 is 1.28 bits per heavy atom. The summed E-state index contributed by atoms with van der Waals surface area (Å²) in [6.45, 7) is 2.05. The average Bonchev–Trinajstić information content (AvgIpc) is 2.71. The molecule has 152 valence electrons. The van der Waals surface area contributed by atoms with Crippen LogP contribution in [0.25, 0.3) is 10.8 Å². The number of amides is 2. The predicted molar refractivity (Wildman–Crippen MR) is 112 cm³/mol. The van der Waals surface area contributed by atoms with E-state index in [-0.39, 0.29) is 23.7 Å². The fourth-order valence-corrected chi connectivity index (χ4v) is 3.41. The van der Waals surface area contributed by atoms with Crippen molar-refractivity contribution in [2.24, 2.45) is 0 Å². The normalized spacial score (nSPS) is 12.0.